The van der Waals surface area contributed by atoms with Gasteiger partial charge in [-0.1, -0.05) is 36.4 Å². The normalized spacial score (nSPS) is 14.9. The van der Waals surface area contributed by atoms with Crippen LogP contribution in [0.2, 0.25) is 0 Å². The van der Waals surface area contributed by atoms with Gasteiger partial charge in [0.15, 0.2) is 0 Å². The quantitative estimate of drug-likeness (QED) is 0.309. The van der Waals surface area contributed by atoms with Gasteiger partial charge in [-0.05, 0) is 79.2 Å². The van der Waals surface area contributed by atoms with E-state index >= 15 is 0 Å². The number of nitrogens with one attached hydrogen (secondary N) is 2. The fourth-order valence-corrected chi connectivity index (χ4v) is 5.53. The second kappa shape index (κ2) is 11.1. The highest BCUT2D eigenvalue weighted by Crippen LogP contribution is 2.26. The van der Waals surface area contributed by atoms with Gasteiger partial charge in [-0.15, -0.1) is 11.3 Å². The van der Waals surface area contributed by atoms with Crippen LogP contribution in [0.15, 0.2) is 53.9 Å². The highest BCUT2D eigenvalue weighted by molar-refractivity contribution is 7.10. The van der Waals surface area contributed by atoms with Gasteiger partial charge in [0, 0.05) is 28.4 Å². The fourth-order valence-electron chi connectivity index (χ4n) is 4.82. The molecule has 2 aromatic heterocycles. The number of aryl methyl sites for hydroxylation is 1. The first-order chi connectivity index (χ1) is 17.9. The van der Waals surface area contributed by atoms with E-state index in [0.29, 0.717) is 6.42 Å². The molecular weight excluding hydrogens is 482 g/mol. The van der Waals surface area contributed by atoms with Crippen LogP contribution in [-0.2, 0) is 22.6 Å². The van der Waals surface area contributed by atoms with Gasteiger partial charge in [-0.3, -0.25) is 19.6 Å². The van der Waals surface area contributed by atoms with Gasteiger partial charge in [0.25, 0.3) is 0 Å². The maximum atomic E-state index is 12.6. The van der Waals surface area contributed by atoms with Crippen LogP contribution >= 0.6 is 11.3 Å². The molecule has 190 valence electrons. The summed E-state index contributed by atoms with van der Waals surface area (Å²) in [7, 11) is 0. The fraction of sp³-hybridized carbons (Fsp3) is 0.276. The van der Waals surface area contributed by atoms with Crippen LogP contribution < -0.4 is 11.1 Å². The molecule has 0 spiro atoms. The van der Waals surface area contributed by atoms with Crippen LogP contribution in [0.1, 0.15) is 40.1 Å². The van der Waals surface area contributed by atoms with Crippen molar-refractivity contribution in [1.82, 2.24) is 15.1 Å². The van der Waals surface area contributed by atoms with Crippen molar-refractivity contribution < 1.29 is 9.59 Å². The number of H-pyrrole nitrogens is 1. The number of nitrogens with zero attached hydrogens (tertiary/aromatic N) is 2. The van der Waals surface area contributed by atoms with Crippen LogP contribution in [0.3, 0.4) is 0 Å². The van der Waals surface area contributed by atoms with Gasteiger partial charge in [0.1, 0.15) is 0 Å². The first-order valence-electron chi connectivity index (χ1n) is 12.5. The molecule has 37 heavy (non-hydrogen) atoms. The van der Waals surface area contributed by atoms with E-state index in [1.165, 1.54) is 5.56 Å². The Morgan fingerprint density at radius 1 is 1.16 bits per heavy atom. The third-order valence-corrected chi connectivity index (χ3v) is 7.78. The predicted octanol–water partition coefficient (Wildman–Crippen LogP) is 4.98. The molecular formula is C29H31N5O2S. The monoisotopic (exact) mass is 513 g/mol. The Kier molecular flexibility index (Phi) is 7.48. The van der Waals surface area contributed by atoms with E-state index < -0.39 is 0 Å². The van der Waals surface area contributed by atoms with Crippen molar-refractivity contribution in [3.8, 4) is 0 Å². The molecule has 4 N–H and O–H groups in total. The molecule has 0 aliphatic carbocycles. The first kappa shape index (κ1) is 24.9. The number of benzene rings is 2. The lowest BCUT2D eigenvalue weighted by atomic mass is 9.96. The number of carbonyl (C=O) groups is 2. The van der Waals surface area contributed by atoms with E-state index in [4.69, 9.17) is 5.73 Å². The molecule has 1 aliphatic rings. The van der Waals surface area contributed by atoms with Gasteiger partial charge in [0.2, 0.25) is 11.8 Å². The van der Waals surface area contributed by atoms with Crippen LogP contribution in [0.5, 0.6) is 0 Å². The van der Waals surface area contributed by atoms with E-state index in [1.807, 2.05) is 42.6 Å². The summed E-state index contributed by atoms with van der Waals surface area (Å²) in [5.74, 6) is -0.199. The van der Waals surface area contributed by atoms with Crippen molar-refractivity contribution >= 4 is 51.9 Å². The standard InChI is InChI=1S/C29H31N5O2S/c1-19-14-27-24(17-26(19)31-28(35)16-23-6-3-13-37-23)25(32-33-27)8-7-20-4-2-5-21(15-20)18-34-11-9-22(10-12-34)29(30)36/h2-8,13-15,17,22H,9-12,16,18H2,1H3,(H2,30,36)(H,31,35)(H,32,33)/b8-7+. The molecule has 0 radical (unpaired) electrons. The van der Waals surface area contributed by atoms with Crippen LogP contribution in [-0.4, -0.2) is 40.0 Å². The van der Waals surface area contributed by atoms with E-state index in [1.54, 1.807) is 11.3 Å². The van der Waals surface area contributed by atoms with E-state index in [9.17, 15) is 9.59 Å². The Balaban J connectivity index is 1.27. The van der Waals surface area contributed by atoms with Crippen molar-refractivity contribution in [1.29, 1.82) is 0 Å². The number of aromatic amines is 1. The van der Waals surface area contributed by atoms with Gasteiger partial charge >= 0.3 is 0 Å². The second-order valence-corrected chi connectivity index (χ2v) is 10.7. The second-order valence-electron chi connectivity index (χ2n) is 9.66. The van der Waals surface area contributed by atoms with Gasteiger partial charge in [-0.2, -0.15) is 5.10 Å². The summed E-state index contributed by atoms with van der Waals surface area (Å²) in [5.41, 5.74) is 11.3. The summed E-state index contributed by atoms with van der Waals surface area (Å²) in [5, 5.41) is 13.6. The Morgan fingerprint density at radius 2 is 2.00 bits per heavy atom. The zero-order valence-electron chi connectivity index (χ0n) is 20.9. The zero-order chi connectivity index (χ0) is 25.8. The number of primary amides is 1. The third-order valence-electron chi connectivity index (χ3n) is 6.91. The Bertz CT molecular complexity index is 1430. The smallest absolute Gasteiger partial charge is 0.229 e. The topological polar surface area (TPSA) is 104 Å². The number of hydrogen-bond acceptors (Lipinski definition) is 5. The van der Waals surface area contributed by atoms with E-state index in [-0.39, 0.29) is 17.7 Å². The minimum atomic E-state index is -0.180. The minimum absolute atomic E-state index is 0.00723. The minimum Gasteiger partial charge on any atom is -0.369 e. The van der Waals surface area contributed by atoms with Crippen LogP contribution in [0.25, 0.3) is 23.1 Å². The average molecular weight is 514 g/mol. The molecule has 0 unspecified atom stereocenters. The number of piperidine rings is 1. The molecule has 3 heterocycles. The lowest BCUT2D eigenvalue weighted by Gasteiger charge is -2.30. The lowest BCUT2D eigenvalue weighted by molar-refractivity contribution is -0.123. The summed E-state index contributed by atoms with van der Waals surface area (Å²) in [6.45, 7) is 4.61. The summed E-state index contributed by atoms with van der Waals surface area (Å²) in [6.07, 6.45) is 6.09. The van der Waals surface area contributed by atoms with Crippen molar-refractivity contribution in [2.45, 2.75) is 32.7 Å². The average Bonchev–Trinajstić information content (AvgIpc) is 3.53. The number of fused-ring (bicyclic) bond motifs is 1. The number of thiophene rings is 1. The molecule has 1 fully saturated rings. The third kappa shape index (κ3) is 6.15. The highest BCUT2D eigenvalue weighted by Gasteiger charge is 2.23. The van der Waals surface area contributed by atoms with Crippen molar-refractivity contribution in [2.24, 2.45) is 11.7 Å². The van der Waals surface area contributed by atoms with Gasteiger partial charge < -0.3 is 11.1 Å². The van der Waals surface area contributed by atoms with Crippen molar-refractivity contribution in [3.63, 3.8) is 0 Å². The summed E-state index contributed by atoms with van der Waals surface area (Å²) >= 11 is 1.58. The maximum Gasteiger partial charge on any atom is 0.229 e. The Morgan fingerprint density at radius 3 is 2.76 bits per heavy atom. The largest absolute Gasteiger partial charge is 0.369 e. The Labute approximate surface area is 220 Å². The van der Waals surface area contributed by atoms with Gasteiger partial charge in [0.05, 0.1) is 17.6 Å². The number of nitrogens with two attached hydrogens (primary N) is 1. The lowest BCUT2D eigenvalue weighted by Crippen LogP contribution is -2.38. The molecule has 1 aliphatic heterocycles. The van der Waals surface area contributed by atoms with Crippen molar-refractivity contribution in [2.75, 3.05) is 18.4 Å². The molecule has 7 nitrogen and oxygen atoms in total. The van der Waals surface area contributed by atoms with Crippen LogP contribution in [0, 0.1) is 12.8 Å². The number of likely N-dealkylation sites (tertiary alicyclic amines) is 1. The van der Waals surface area contributed by atoms with E-state index in [2.05, 4.69) is 50.8 Å². The number of aromatic nitrogens is 2. The molecule has 1 saturated heterocycles. The van der Waals surface area contributed by atoms with Crippen LogP contribution in [0.4, 0.5) is 5.69 Å². The Hall–Kier alpha value is -3.75. The molecule has 0 bridgehead atoms. The number of amides is 2. The summed E-state index contributed by atoms with van der Waals surface area (Å²) in [6, 6.07) is 16.4. The van der Waals surface area contributed by atoms with Gasteiger partial charge in [-0.25, -0.2) is 0 Å². The molecule has 2 aromatic carbocycles. The number of rotatable bonds is 8. The maximum absolute atomic E-state index is 12.6. The molecule has 4 aromatic rings. The molecule has 0 atom stereocenters. The molecule has 2 amide bonds. The van der Waals surface area contributed by atoms with E-state index in [0.717, 1.165) is 70.8 Å². The number of hydrogen-bond donors (Lipinski definition) is 3. The SMILES string of the molecule is Cc1cc2[nH]nc(/C=C/c3cccc(CN4CCC(C(N)=O)CC4)c3)c2cc1NC(=O)Cc1cccs1. The highest BCUT2D eigenvalue weighted by atomic mass is 32.1. The zero-order valence-corrected chi connectivity index (χ0v) is 21.7. The molecule has 8 heteroatoms. The number of anilines is 1. The summed E-state index contributed by atoms with van der Waals surface area (Å²) in [4.78, 5) is 27.4. The molecule has 0 saturated carbocycles. The predicted molar refractivity (Wildman–Crippen MR) is 150 cm³/mol. The summed E-state index contributed by atoms with van der Waals surface area (Å²) < 4.78 is 0. The number of carbonyl (C=O) groups excluding carboxylic acids is 2. The van der Waals surface area contributed by atoms with Crippen molar-refractivity contribution in [3.05, 3.63) is 81.2 Å². The first-order valence-corrected chi connectivity index (χ1v) is 13.4. The molecule has 5 rings (SSSR count).